The second-order valence-electron chi connectivity index (χ2n) is 6.22. The number of carboxylic acid groups (broad SMARTS) is 1. The van der Waals surface area contributed by atoms with Gasteiger partial charge in [-0.25, -0.2) is 0 Å². The van der Waals surface area contributed by atoms with Crippen molar-refractivity contribution in [1.29, 1.82) is 0 Å². The highest BCUT2D eigenvalue weighted by atomic mass is 16.5. The Hall–Kier alpha value is -1.92. The molecule has 0 aliphatic heterocycles. The molecule has 1 aromatic rings. The number of nitrogens with zero attached hydrogens (tertiary/aromatic N) is 2. The Bertz CT molecular complexity index is 532. The summed E-state index contributed by atoms with van der Waals surface area (Å²) in [6, 6.07) is -0.429. The summed E-state index contributed by atoms with van der Waals surface area (Å²) in [5, 5.41) is 15.4. The Kier molecular flexibility index (Phi) is 3.54. The van der Waals surface area contributed by atoms with Crippen LogP contribution in [0.15, 0.2) is 4.52 Å². The van der Waals surface area contributed by atoms with E-state index in [1.807, 2.05) is 20.8 Å². The zero-order chi connectivity index (χ0) is 15.1. The van der Waals surface area contributed by atoms with E-state index in [4.69, 9.17) is 9.63 Å². The molecule has 0 spiro atoms. The molecule has 1 aromatic heterocycles. The molecule has 0 bridgehead atoms. The van der Waals surface area contributed by atoms with Crippen LogP contribution in [0.2, 0.25) is 0 Å². The van der Waals surface area contributed by atoms with Gasteiger partial charge in [0.15, 0.2) is 5.82 Å². The van der Waals surface area contributed by atoms with Gasteiger partial charge in [-0.1, -0.05) is 25.9 Å². The van der Waals surface area contributed by atoms with Crippen molar-refractivity contribution in [3.05, 3.63) is 11.7 Å². The number of hydrogen-bond donors (Lipinski definition) is 2. The highest BCUT2D eigenvalue weighted by molar-refractivity contribution is 5.89. The van der Waals surface area contributed by atoms with Gasteiger partial charge >= 0.3 is 5.97 Å². The van der Waals surface area contributed by atoms with Crippen LogP contribution in [-0.2, 0) is 15.0 Å². The molecule has 110 valence electrons. The fourth-order valence-electron chi connectivity index (χ4n) is 1.86. The number of carbonyl (C=O) groups is 2. The Morgan fingerprint density at radius 1 is 1.40 bits per heavy atom. The zero-order valence-corrected chi connectivity index (χ0v) is 12.0. The largest absolute Gasteiger partial charge is 0.481 e. The molecule has 2 N–H and O–H groups in total. The fraction of sp³-hybridized carbons (Fsp3) is 0.692. The summed E-state index contributed by atoms with van der Waals surface area (Å²) in [6.07, 6.45) is 0.394. The third kappa shape index (κ3) is 2.97. The molecule has 7 heteroatoms. The van der Waals surface area contributed by atoms with Crippen LogP contribution < -0.4 is 5.32 Å². The Morgan fingerprint density at radius 3 is 2.50 bits per heavy atom. The van der Waals surface area contributed by atoms with Crippen LogP contribution >= 0.6 is 0 Å². The highest BCUT2D eigenvalue weighted by Gasteiger charge is 2.48. The molecule has 1 fully saturated rings. The fourth-order valence-corrected chi connectivity index (χ4v) is 1.86. The van der Waals surface area contributed by atoms with Gasteiger partial charge in [0, 0.05) is 5.41 Å². The summed E-state index contributed by atoms with van der Waals surface area (Å²) < 4.78 is 5.14. The van der Waals surface area contributed by atoms with Crippen molar-refractivity contribution in [2.45, 2.75) is 45.6 Å². The predicted octanol–water partition coefficient (Wildman–Crippen LogP) is 1.27. The molecule has 1 aliphatic rings. The monoisotopic (exact) mass is 281 g/mol. The van der Waals surface area contributed by atoms with Gasteiger partial charge in [-0.05, 0) is 13.3 Å². The van der Waals surface area contributed by atoms with Crippen molar-refractivity contribution < 1.29 is 19.2 Å². The first-order chi connectivity index (χ1) is 9.20. The van der Waals surface area contributed by atoms with E-state index in [0.29, 0.717) is 18.1 Å². The number of carbonyl (C=O) groups excluding carboxylic acids is 1. The van der Waals surface area contributed by atoms with E-state index < -0.39 is 23.8 Å². The van der Waals surface area contributed by atoms with Crippen LogP contribution in [0.4, 0.5) is 0 Å². The maximum atomic E-state index is 11.8. The molecule has 20 heavy (non-hydrogen) atoms. The average molecular weight is 281 g/mol. The van der Waals surface area contributed by atoms with Gasteiger partial charge in [-0.3, -0.25) is 9.59 Å². The third-order valence-corrected chi connectivity index (χ3v) is 3.29. The number of carboxylic acids is 1. The molecule has 3 atom stereocenters. The molecule has 1 saturated carbocycles. The van der Waals surface area contributed by atoms with Crippen LogP contribution in [0, 0.1) is 11.8 Å². The first kappa shape index (κ1) is 14.5. The van der Waals surface area contributed by atoms with Crippen molar-refractivity contribution in [3.63, 3.8) is 0 Å². The standard InChI is InChI=1S/C13H19N3O4/c1-6(10-15-12(16-20-10)13(2,3)4)14-9(17)7-5-8(7)11(18)19/h6-8H,5H2,1-4H3,(H,14,17)(H,18,19)/t6-,7-,8+/m0/s1. The normalized spacial score (nSPS) is 23.2. The predicted molar refractivity (Wildman–Crippen MR) is 68.8 cm³/mol. The molecule has 1 aliphatic carbocycles. The van der Waals surface area contributed by atoms with Crippen LogP contribution in [0.3, 0.4) is 0 Å². The van der Waals surface area contributed by atoms with Gasteiger partial charge in [-0.2, -0.15) is 4.98 Å². The van der Waals surface area contributed by atoms with E-state index in [0.717, 1.165) is 0 Å². The second kappa shape index (κ2) is 4.88. The Labute approximate surface area is 116 Å². The average Bonchev–Trinajstić information content (AvgIpc) is 2.96. The maximum absolute atomic E-state index is 11.8. The number of rotatable bonds is 4. The van der Waals surface area contributed by atoms with Crippen molar-refractivity contribution in [2.75, 3.05) is 0 Å². The molecule has 2 rings (SSSR count). The van der Waals surface area contributed by atoms with Gasteiger partial charge in [0.2, 0.25) is 11.8 Å². The Morgan fingerprint density at radius 2 is 2.05 bits per heavy atom. The minimum Gasteiger partial charge on any atom is -0.481 e. The Balaban J connectivity index is 1.95. The lowest BCUT2D eigenvalue weighted by atomic mass is 9.96. The van der Waals surface area contributed by atoms with Crippen molar-refractivity contribution in [2.24, 2.45) is 11.8 Å². The van der Waals surface area contributed by atoms with E-state index >= 15 is 0 Å². The van der Waals surface area contributed by atoms with Crippen LogP contribution in [0.25, 0.3) is 0 Å². The summed E-state index contributed by atoms with van der Waals surface area (Å²) in [4.78, 5) is 26.8. The molecule has 0 unspecified atom stereocenters. The van der Waals surface area contributed by atoms with Crippen LogP contribution in [-0.4, -0.2) is 27.1 Å². The van der Waals surface area contributed by atoms with Crippen molar-refractivity contribution >= 4 is 11.9 Å². The number of aromatic nitrogens is 2. The van der Waals surface area contributed by atoms with Crippen LogP contribution in [0.5, 0.6) is 0 Å². The smallest absolute Gasteiger partial charge is 0.307 e. The molecule has 0 saturated heterocycles. The SMILES string of the molecule is C[C@H](NC(=O)[C@H]1C[C@H]1C(=O)O)c1nc(C(C)(C)C)no1. The van der Waals surface area contributed by atoms with Crippen molar-refractivity contribution in [1.82, 2.24) is 15.5 Å². The van der Waals surface area contributed by atoms with E-state index in [1.54, 1.807) is 6.92 Å². The van der Waals surface area contributed by atoms with E-state index in [9.17, 15) is 9.59 Å². The minimum absolute atomic E-state index is 0.226. The lowest BCUT2D eigenvalue weighted by Crippen LogP contribution is -2.29. The van der Waals surface area contributed by atoms with E-state index in [1.165, 1.54) is 0 Å². The van der Waals surface area contributed by atoms with Crippen molar-refractivity contribution in [3.8, 4) is 0 Å². The highest BCUT2D eigenvalue weighted by Crippen LogP contribution is 2.39. The maximum Gasteiger partial charge on any atom is 0.307 e. The topological polar surface area (TPSA) is 105 Å². The third-order valence-electron chi connectivity index (χ3n) is 3.29. The lowest BCUT2D eigenvalue weighted by molar-refractivity contribution is -0.140. The zero-order valence-electron chi connectivity index (χ0n) is 12.0. The number of amides is 1. The molecule has 0 radical (unpaired) electrons. The van der Waals surface area contributed by atoms with E-state index in [2.05, 4.69) is 15.5 Å². The van der Waals surface area contributed by atoms with Gasteiger partial charge < -0.3 is 14.9 Å². The minimum atomic E-state index is -0.925. The molecule has 7 nitrogen and oxygen atoms in total. The molecule has 1 amide bonds. The first-order valence-electron chi connectivity index (χ1n) is 6.57. The quantitative estimate of drug-likeness (QED) is 0.860. The van der Waals surface area contributed by atoms with Crippen LogP contribution in [0.1, 0.15) is 51.9 Å². The van der Waals surface area contributed by atoms with Gasteiger partial charge in [0.1, 0.15) is 6.04 Å². The van der Waals surface area contributed by atoms with Gasteiger partial charge in [-0.15, -0.1) is 0 Å². The number of aliphatic carboxylic acids is 1. The summed E-state index contributed by atoms with van der Waals surface area (Å²) >= 11 is 0. The molecular formula is C13H19N3O4. The molecule has 0 aromatic carbocycles. The molecule has 1 heterocycles. The molecular weight excluding hydrogens is 262 g/mol. The van der Waals surface area contributed by atoms with E-state index in [-0.39, 0.29) is 11.3 Å². The summed E-state index contributed by atoms with van der Waals surface area (Å²) in [5.41, 5.74) is -0.226. The van der Waals surface area contributed by atoms with Gasteiger partial charge in [0.05, 0.1) is 11.8 Å². The summed E-state index contributed by atoms with van der Waals surface area (Å²) in [6.45, 7) is 7.63. The summed E-state index contributed by atoms with van der Waals surface area (Å²) in [5.74, 6) is -1.31. The second-order valence-corrected chi connectivity index (χ2v) is 6.22. The first-order valence-corrected chi connectivity index (χ1v) is 6.57. The summed E-state index contributed by atoms with van der Waals surface area (Å²) in [7, 11) is 0. The number of hydrogen-bond acceptors (Lipinski definition) is 5. The number of nitrogens with one attached hydrogen (secondary N) is 1. The lowest BCUT2D eigenvalue weighted by Gasteiger charge is -2.11. The van der Waals surface area contributed by atoms with Gasteiger partial charge in [0.25, 0.3) is 0 Å².